The zero-order valence-corrected chi connectivity index (χ0v) is 18.9. The van der Waals surface area contributed by atoms with Crippen molar-refractivity contribution in [1.82, 2.24) is 0 Å². The van der Waals surface area contributed by atoms with Crippen LogP contribution in [0.2, 0.25) is 0 Å². The third-order valence-electron chi connectivity index (χ3n) is 4.00. The van der Waals surface area contributed by atoms with Crippen molar-refractivity contribution in [1.29, 1.82) is 0 Å². The number of hydrogen-bond donors (Lipinski definition) is 2. The Morgan fingerprint density at radius 2 is 0.933 bits per heavy atom. The second-order valence-corrected chi connectivity index (χ2v) is 8.16. The van der Waals surface area contributed by atoms with Crippen LogP contribution in [0, 0.1) is 0 Å². The SMILES string of the molecule is CCCCCCCCOS(=O)(=O)OCCCCCCCC.O=C(O)CCC(=O)O.[NaH]. The summed E-state index contributed by atoms with van der Waals surface area (Å²) in [5, 5.41) is 15.8. The molecular formula is C20H41NaO8S. The van der Waals surface area contributed by atoms with Crippen LogP contribution in [0.4, 0.5) is 0 Å². The molecule has 2 N–H and O–H groups in total. The summed E-state index contributed by atoms with van der Waals surface area (Å²) >= 11 is 0. The standard InChI is InChI=1S/C16H34O4S.C4H6O4.Na.H/c1-3-5-7-9-11-13-15-19-21(17,18)20-16-14-12-10-8-6-4-2;5-3(6)1-2-4(7)8;;/h3-16H2,1-2H3;1-2H2,(H,5,6)(H,7,8);;. The second-order valence-electron chi connectivity index (χ2n) is 6.88. The molecule has 0 fully saturated rings. The van der Waals surface area contributed by atoms with E-state index in [2.05, 4.69) is 13.8 Å². The van der Waals surface area contributed by atoms with Crippen LogP contribution in [-0.4, -0.2) is 73.3 Å². The van der Waals surface area contributed by atoms with Gasteiger partial charge in [0.15, 0.2) is 0 Å². The fourth-order valence-corrected chi connectivity index (χ4v) is 3.05. The van der Waals surface area contributed by atoms with Gasteiger partial charge < -0.3 is 10.2 Å². The number of carbonyl (C=O) groups is 2. The van der Waals surface area contributed by atoms with E-state index in [1.165, 1.54) is 38.5 Å². The average molecular weight is 465 g/mol. The van der Waals surface area contributed by atoms with Crippen molar-refractivity contribution in [2.24, 2.45) is 0 Å². The van der Waals surface area contributed by atoms with Crippen LogP contribution in [0.25, 0.3) is 0 Å². The van der Waals surface area contributed by atoms with E-state index in [9.17, 15) is 18.0 Å². The average Bonchev–Trinajstić information content (AvgIpc) is 2.65. The summed E-state index contributed by atoms with van der Waals surface area (Å²) < 4.78 is 32.6. The van der Waals surface area contributed by atoms with Gasteiger partial charge in [-0.15, -0.1) is 0 Å². The molecule has 30 heavy (non-hydrogen) atoms. The van der Waals surface area contributed by atoms with Gasteiger partial charge in [-0.05, 0) is 12.8 Å². The van der Waals surface area contributed by atoms with E-state index in [-0.39, 0.29) is 55.6 Å². The topological polar surface area (TPSA) is 127 Å². The van der Waals surface area contributed by atoms with E-state index >= 15 is 0 Å². The Hall–Kier alpha value is -0.190. The molecule has 8 nitrogen and oxygen atoms in total. The van der Waals surface area contributed by atoms with Crippen molar-refractivity contribution in [2.75, 3.05) is 13.2 Å². The fourth-order valence-electron chi connectivity index (χ4n) is 2.33. The van der Waals surface area contributed by atoms with Gasteiger partial charge in [0, 0.05) is 0 Å². The molecular weight excluding hydrogens is 423 g/mol. The maximum absolute atomic E-state index is 11.5. The van der Waals surface area contributed by atoms with Crippen molar-refractivity contribution in [3.8, 4) is 0 Å². The zero-order chi connectivity index (χ0) is 22.4. The molecule has 0 saturated carbocycles. The molecule has 0 rings (SSSR count). The van der Waals surface area contributed by atoms with Crippen LogP contribution < -0.4 is 0 Å². The summed E-state index contributed by atoms with van der Waals surface area (Å²) in [5.41, 5.74) is 0. The first kappa shape index (κ1) is 34.4. The minimum atomic E-state index is -3.78. The quantitative estimate of drug-likeness (QED) is 0.214. The monoisotopic (exact) mass is 464 g/mol. The molecule has 0 saturated heterocycles. The molecule has 0 atom stereocenters. The number of carboxylic acid groups (broad SMARTS) is 2. The summed E-state index contributed by atoms with van der Waals surface area (Å²) in [7, 11) is -3.78. The van der Waals surface area contributed by atoms with E-state index < -0.39 is 22.3 Å². The van der Waals surface area contributed by atoms with Crippen molar-refractivity contribution in [2.45, 2.75) is 104 Å². The van der Waals surface area contributed by atoms with Gasteiger partial charge in [0.1, 0.15) is 0 Å². The predicted molar refractivity (Wildman–Crippen MR) is 119 cm³/mol. The van der Waals surface area contributed by atoms with Crippen LogP contribution in [0.1, 0.15) is 104 Å². The molecule has 0 heterocycles. The van der Waals surface area contributed by atoms with E-state index in [0.29, 0.717) is 0 Å². The van der Waals surface area contributed by atoms with Crippen molar-refractivity contribution in [3.63, 3.8) is 0 Å². The first-order chi connectivity index (χ1) is 13.7. The molecule has 0 radical (unpaired) electrons. The number of hydrogen-bond acceptors (Lipinski definition) is 6. The molecule has 0 bridgehead atoms. The van der Waals surface area contributed by atoms with Crippen LogP contribution in [-0.2, 0) is 28.4 Å². The number of carboxylic acids is 2. The van der Waals surface area contributed by atoms with Gasteiger partial charge in [-0.2, -0.15) is 8.42 Å². The molecule has 0 aliphatic heterocycles. The van der Waals surface area contributed by atoms with Gasteiger partial charge in [-0.1, -0.05) is 78.1 Å². The fraction of sp³-hybridized carbons (Fsp3) is 0.900. The van der Waals surface area contributed by atoms with Crippen LogP contribution >= 0.6 is 0 Å². The third-order valence-corrected chi connectivity index (χ3v) is 4.91. The minimum absolute atomic E-state index is 0. The molecule has 0 amide bonds. The molecule has 0 aromatic rings. The molecule has 0 aliphatic rings. The summed E-state index contributed by atoms with van der Waals surface area (Å²) in [6, 6.07) is 0. The molecule has 10 heteroatoms. The van der Waals surface area contributed by atoms with Gasteiger partial charge in [-0.25, -0.2) is 8.37 Å². The Kier molecular flexibility index (Phi) is 28.8. The van der Waals surface area contributed by atoms with E-state index in [4.69, 9.17) is 18.6 Å². The first-order valence-corrected chi connectivity index (χ1v) is 12.1. The molecule has 176 valence electrons. The second kappa shape index (κ2) is 25.1. The Morgan fingerprint density at radius 3 is 1.23 bits per heavy atom. The molecule has 0 aromatic carbocycles. The Balaban J connectivity index is -0.000000686. The van der Waals surface area contributed by atoms with Gasteiger partial charge in [0.25, 0.3) is 0 Å². The molecule has 0 unspecified atom stereocenters. The Morgan fingerprint density at radius 1 is 0.633 bits per heavy atom. The number of rotatable bonds is 19. The summed E-state index contributed by atoms with van der Waals surface area (Å²) in [6.45, 7) is 4.84. The molecule has 0 aromatic heterocycles. The van der Waals surface area contributed by atoms with E-state index in [0.717, 1.165) is 38.5 Å². The van der Waals surface area contributed by atoms with Crippen LogP contribution in [0.15, 0.2) is 0 Å². The molecule has 0 spiro atoms. The van der Waals surface area contributed by atoms with Gasteiger partial charge in [0.05, 0.1) is 26.1 Å². The van der Waals surface area contributed by atoms with Crippen molar-refractivity contribution >= 4 is 51.9 Å². The predicted octanol–water partition coefficient (Wildman–Crippen LogP) is 4.27. The van der Waals surface area contributed by atoms with Crippen molar-refractivity contribution < 1.29 is 36.6 Å². The zero-order valence-electron chi connectivity index (χ0n) is 18.1. The molecule has 0 aliphatic carbocycles. The third kappa shape index (κ3) is 32.5. The van der Waals surface area contributed by atoms with Crippen molar-refractivity contribution in [3.05, 3.63) is 0 Å². The van der Waals surface area contributed by atoms with E-state index in [1.807, 2.05) is 0 Å². The number of unbranched alkanes of at least 4 members (excludes halogenated alkanes) is 10. The summed E-state index contributed by atoms with van der Waals surface area (Å²) in [6.07, 6.45) is 12.7. The maximum atomic E-state index is 11.5. The van der Waals surface area contributed by atoms with Crippen LogP contribution in [0.3, 0.4) is 0 Å². The normalized spacial score (nSPS) is 10.6. The summed E-state index contributed by atoms with van der Waals surface area (Å²) in [5.74, 6) is -2.15. The van der Waals surface area contributed by atoms with Gasteiger partial charge >= 0.3 is 51.9 Å². The summed E-state index contributed by atoms with van der Waals surface area (Å²) in [4.78, 5) is 19.3. The van der Waals surface area contributed by atoms with E-state index in [1.54, 1.807) is 0 Å². The van der Waals surface area contributed by atoms with Gasteiger partial charge in [-0.3, -0.25) is 9.59 Å². The Bertz CT molecular complexity index is 459. The first-order valence-electron chi connectivity index (χ1n) is 10.7. The van der Waals surface area contributed by atoms with Crippen LogP contribution in [0.5, 0.6) is 0 Å². The number of aliphatic carboxylic acids is 2. The van der Waals surface area contributed by atoms with Gasteiger partial charge in [0.2, 0.25) is 0 Å². The Labute approximate surface area is 204 Å².